The molecular formula is C9H6BrF6N. The van der Waals surface area contributed by atoms with E-state index in [-0.39, 0.29) is 5.33 Å². The molecule has 8 heteroatoms. The number of nitrogens with two attached hydrogens (primary N) is 1. The van der Waals surface area contributed by atoms with E-state index in [4.69, 9.17) is 5.73 Å². The van der Waals surface area contributed by atoms with Gasteiger partial charge in [0, 0.05) is 11.0 Å². The molecule has 0 aromatic heterocycles. The molecule has 0 heterocycles. The van der Waals surface area contributed by atoms with Crippen LogP contribution in [0.4, 0.5) is 32.0 Å². The molecule has 0 saturated carbocycles. The number of hydrogen-bond donors (Lipinski definition) is 1. The first-order valence-electron chi connectivity index (χ1n) is 4.20. The van der Waals surface area contributed by atoms with Crippen molar-refractivity contribution < 1.29 is 26.3 Å². The van der Waals surface area contributed by atoms with Crippen LogP contribution in [0.1, 0.15) is 16.7 Å². The number of benzene rings is 1. The van der Waals surface area contributed by atoms with E-state index in [9.17, 15) is 26.3 Å². The Labute approximate surface area is 101 Å². The van der Waals surface area contributed by atoms with Crippen LogP contribution in [0.2, 0.25) is 0 Å². The fourth-order valence-electron chi connectivity index (χ4n) is 1.28. The van der Waals surface area contributed by atoms with E-state index in [0.717, 1.165) is 0 Å². The topological polar surface area (TPSA) is 26.0 Å². The fraction of sp³-hybridized carbons (Fsp3) is 0.333. The van der Waals surface area contributed by atoms with Crippen LogP contribution in [-0.4, -0.2) is 0 Å². The Morgan fingerprint density at radius 1 is 0.941 bits per heavy atom. The molecule has 0 spiro atoms. The predicted octanol–water partition coefficient (Wildman–Crippen LogP) is 4.20. The standard InChI is InChI=1S/C9H6BrF6N/c10-3-4-1-6(9(14,15)16)7(17)2-5(4)8(11,12)13/h1-2H,3,17H2. The summed E-state index contributed by atoms with van der Waals surface area (Å²) in [6.07, 6.45) is -9.51. The Morgan fingerprint density at radius 3 is 1.76 bits per heavy atom. The first-order valence-corrected chi connectivity index (χ1v) is 5.32. The maximum absolute atomic E-state index is 12.5. The quantitative estimate of drug-likeness (QED) is 0.468. The molecule has 1 rings (SSSR count). The third-order valence-electron chi connectivity index (χ3n) is 2.03. The summed E-state index contributed by atoms with van der Waals surface area (Å²) in [6, 6.07) is 0.715. The van der Waals surface area contributed by atoms with Crippen molar-refractivity contribution in [3.8, 4) is 0 Å². The van der Waals surface area contributed by atoms with Gasteiger partial charge in [0.2, 0.25) is 0 Å². The van der Waals surface area contributed by atoms with E-state index in [2.05, 4.69) is 15.9 Å². The molecule has 0 aliphatic carbocycles. The zero-order valence-electron chi connectivity index (χ0n) is 8.08. The van der Waals surface area contributed by atoms with Crippen LogP contribution >= 0.6 is 15.9 Å². The number of rotatable bonds is 1. The van der Waals surface area contributed by atoms with Crippen molar-refractivity contribution in [2.45, 2.75) is 17.7 Å². The maximum Gasteiger partial charge on any atom is 0.418 e. The first-order chi connectivity index (χ1) is 7.57. The van der Waals surface area contributed by atoms with E-state index in [0.29, 0.717) is 12.1 Å². The number of anilines is 1. The molecular weight excluding hydrogens is 316 g/mol. The molecule has 0 amide bonds. The largest absolute Gasteiger partial charge is 0.418 e. The smallest absolute Gasteiger partial charge is 0.398 e. The average molecular weight is 322 g/mol. The molecule has 0 aliphatic rings. The molecule has 96 valence electrons. The zero-order chi connectivity index (χ0) is 13.4. The fourth-order valence-corrected chi connectivity index (χ4v) is 1.75. The van der Waals surface area contributed by atoms with E-state index < -0.39 is 34.7 Å². The monoisotopic (exact) mass is 321 g/mol. The van der Waals surface area contributed by atoms with Gasteiger partial charge in [-0.2, -0.15) is 26.3 Å². The van der Waals surface area contributed by atoms with E-state index in [1.54, 1.807) is 0 Å². The minimum absolute atomic E-state index is 0.305. The lowest BCUT2D eigenvalue weighted by atomic mass is 10.0. The number of alkyl halides is 7. The van der Waals surface area contributed by atoms with Crippen molar-refractivity contribution in [3.05, 3.63) is 28.8 Å². The lowest BCUT2D eigenvalue weighted by Crippen LogP contribution is -2.15. The van der Waals surface area contributed by atoms with E-state index >= 15 is 0 Å². The van der Waals surface area contributed by atoms with Crippen molar-refractivity contribution in [1.29, 1.82) is 0 Å². The second-order valence-corrected chi connectivity index (χ2v) is 3.79. The van der Waals surface area contributed by atoms with Crippen molar-refractivity contribution in [2.75, 3.05) is 5.73 Å². The molecule has 17 heavy (non-hydrogen) atoms. The highest BCUT2D eigenvalue weighted by molar-refractivity contribution is 9.08. The average Bonchev–Trinajstić information content (AvgIpc) is 2.14. The lowest BCUT2D eigenvalue weighted by molar-refractivity contribution is -0.141. The minimum atomic E-state index is -4.77. The third-order valence-corrected chi connectivity index (χ3v) is 2.63. The predicted molar refractivity (Wildman–Crippen MR) is 53.5 cm³/mol. The van der Waals surface area contributed by atoms with Crippen LogP contribution in [0, 0.1) is 0 Å². The highest BCUT2D eigenvalue weighted by Gasteiger charge is 2.38. The number of halogens is 7. The molecule has 0 unspecified atom stereocenters. The van der Waals surface area contributed by atoms with Gasteiger partial charge >= 0.3 is 12.4 Å². The van der Waals surface area contributed by atoms with Gasteiger partial charge in [0.25, 0.3) is 0 Å². The van der Waals surface area contributed by atoms with Gasteiger partial charge in [0.05, 0.1) is 11.1 Å². The highest BCUT2D eigenvalue weighted by Crippen LogP contribution is 2.40. The molecule has 1 aromatic rings. The maximum atomic E-state index is 12.5. The molecule has 0 aliphatic heterocycles. The second kappa shape index (κ2) is 4.40. The molecule has 0 radical (unpaired) electrons. The van der Waals surface area contributed by atoms with Crippen LogP contribution in [-0.2, 0) is 17.7 Å². The van der Waals surface area contributed by atoms with E-state index in [1.807, 2.05) is 0 Å². The lowest BCUT2D eigenvalue weighted by Gasteiger charge is -2.16. The Hall–Kier alpha value is -0.920. The summed E-state index contributed by atoms with van der Waals surface area (Å²) in [5, 5.41) is -0.342. The molecule has 0 bridgehead atoms. The molecule has 0 saturated heterocycles. The van der Waals surface area contributed by atoms with Crippen molar-refractivity contribution in [3.63, 3.8) is 0 Å². The minimum Gasteiger partial charge on any atom is -0.398 e. The molecule has 0 fully saturated rings. The van der Waals surface area contributed by atoms with Gasteiger partial charge in [0.15, 0.2) is 0 Å². The van der Waals surface area contributed by atoms with Crippen LogP contribution in [0.5, 0.6) is 0 Å². The summed E-state index contributed by atoms with van der Waals surface area (Å²) in [7, 11) is 0. The van der Waals surface area contributed by atoms with Crippen LogP contribution in [0.3, 0.4) is 0 Å². The van der Waals surface area contributed by atoms with Gasteiger partial charge in [-0.05, 0) is 17.7 Å². The summed E-state index contributed by atoms with van der Waals surface area (Å²) < 4.78 is 74.7. The van der Waals surface area contributed by atoms with Crippen molar-refractivity contribution in [2.24, 2.45) is 0 Å². The normalized spacial score (nSPS) is 12.9. The summed E-state index contributed by atoms with van der Waals surface area (Å²) in [5.41, 5.74) is 1.13. The summed E-state index contributed by atoms with van der Waals surface area (Å²) >= 11 is 2.72. The summed E-state index contributed by atoms with van der Waals surface area (Å²) in [6.45, 7) is 0. The molecule has 1 aromatic carbocycles. The highest BCUT2D eigenvalue weighted by atomic mass is 79.9. The molecule has 0 atom stereocenters. The van der Waals surface area contributed by atoms with Crippen LogP contribution in [0.15, 0.2) is 12.1 Å². The number of nitrogen functional groups attached to an aromatic ring is 1. The Balaban J connectivity index is 3.46. The zero-order valence-corrected chi connectivity index (χ0v) is 9.67. The summed E-state index contributed by atoms with van der Waals surface area (Å²) in [5.74, 6) is 0. The Kier molecular flexibility index (Phi) is 3.66. The Bertz CT molecular complexity index is 423. The molecule has 2 N–H and O–H groups in total. The van der Waals surface area contributed by atoms with Gasteiger partial charge in [-0.15, -0.1) is 0 Å². The number of hydrogen-bond acceptors (Lipinski definition) is 1. The summed E-state index contributed by atoms with van der Waals surface area (Å²) in [4.78, 5) is 0. The van der Waals surface area contributed by atoms with E-state index in [1.165, 1.54) is 0 Å². The van der Waals surface area contributed by atoms with Crippen molar-refractivity contribution in [1.82, 2.24) is 0 Å². The molecule has 1 nitrogen and oxygen atoms in total. The van der Waals surface area contributed by atoms with Crippen molar-refractivity contribution >= 4 is 21.6 Å². The Morgan fingerprint density at radius 2 is 1.41 bits per heavy atom. The van der Waals surface area contributed by atoms with Gasteiger partial charge in [0.1, 0.15) is 0 Å². The van der Waals surface area contributed by atoms with Crippen LogP contribution in [0.25, 0.3) is 0 Å². The van der Waals surface area contributed by atoms with Gasteiger partial charge in [-0.3, -0.25) is 0 Å². The first kappa shape index (κ1) is 14.1. The van der Waals surface area contributed by atoms with Gasteiger partial charge in [-0.1, -0.05) is 15.9 Å². The van der Waals surface area contributed by atoms with Gasteiger partial charge in [-0.25, -0.2) is 0 Å². The SMILES string of the molecule is Nc1cc(C(F)(F)F)c(CBr)cc1C(F)(F)F. The van der Waals surface area contributed by atoms with Gasteiger partial charge < -0.3 is 5.73 Å². The third kappa shape index (κ3) is 3.05. The second-order valence-electron chi connectivity index (χ2n) is 3.23. The van der Waals surface area contributed by atoms with Crippen LogP contribution < -0.4 is 5.73 Å².